The Labute approximate surface area is 163 Å². The number of halogens is 1. The molecule has 1 aromatic carbocycles. The van der Waals surface area contributed by atoms with Gasteiger partial charge in [-0.2, -0.15) is 5.26 Å². The highest BCUT2D eigenvalue weighted by atomic mass is 32.1. The van der Waals surface area contributed by atoms with E-state index in [1.807, 2.05) is 6.07 Å². The lowest BCUT2D eigenvalue weighted by Crippen LogP contribution is -2.20. The van der Waals surface area contributed by atoms with Crippen molar-refractivity contribution in [3.8, 4) is 17.4 Å². The summed E-state index contributed by atoms with van der Waals surface area (Å²) in [5.41, 5.74) is 1.02. The number of thiophene rings is 1. The van der Waals surface area contributed by atoms with E-state index in [1.165, 1.54) is 29.7 Å². The van der Waals surface area contributed by atoms with Gasteiger partial charge in [0, 0.05) is 12.0 Å². The van der Waals surface area contributed by atoms with Crippen LogP contribution in [0.2, 0.25) is 0 Å². The van der Waals surface area contributed by atoms with E-state index in [2.05, 4.69) is 10.3 Å². The fraction of sp³-hybridized carbons (Fsp3) is 0.158. The van der Waals surface area contributed by atoms with E-state index >= 15 is 0 Å². The average Bonchev–Trinajstić information content (AvgIpc) is 3.34. The first kappa shape index (κ1) is 19.3. The molecule has 28 heavy (non-hydrogen) atoms. The second-order valence-corrected chi connectivity index (χ2v) is 6.53. The third-order valence-electron chi connectivity index (χ3n) is 3.63. The zero-order chi connectivity index (χ0) is 19.9. The molecule has 9 heteroatoms. The SMILES string of the molecule is N#Cc1ccsc1NC(=O)COC(=O)CCc1ncc(-c2ccc(F)cc2)o1. The fourth-order valence-electron chi connectivity index (χ4n) is 2.26. The van der Waals surface area contributed by atoms with Crippen molar-refractivity contribution in [1.82, 2.24) is 4.98 Å². The van der Waals surface area contributed by atoms with Gasteiger partial charge in [-0.15, -0.1) is 11.3 Å². The Bertz CT molecular complexity index is 1020. The maximum absolute atomic E-state index is 13.0. The van der Waals surface area contributed by atoms with Crippen LogP contribution in [0.25, 0.3) is 11.3 Å². The second kappa shape index (κ2) is 8.92. The topological polar surface area (TPSA) is 105 Å². The predicted molar refractivity (Wildman–Crippen MR) is 98.8 cm³/mol. The molecule has 0 atom stereocenters. The number of amides is 1. The lowest BCUT2D eigenvalue weighted by Gasteiger charge is -2.05. The molecule has 0 saturated heterocycles. The van der Waals surface area contributed by atoms with Crippen LogP contribution < -0.4 is 5.32 Å². The highest BCUT2D eigenvalue weighted by Crippen LogP contribution is 2.22. The number of ether oxygens (including phenoxy) is 1. The van der Waals surface area contributed by atoms with Crippen LogP contribution in [0.5, 0.6) is 0 Å². The molecule has 2 heterocycles. The Kier molecular flexibility index (Phi) is 6.14. The molecule has 0 saturated carbocycles. The molecule has 1 amide bonds. The van der Waals surface area contributed by atoms with Gasteiger partial charge in [0.05, 0.1) is 18.2 Å². The first-order chi connectivity index (χ1) is 13.5. The van der Waals surface area contributed by atoms with Crippen molar-refractivity contribution in [2.75, 3.05) is 11.9 Å². The number of esters is 1. The summed E-state index contributed by atoms with van der Waals surface area (Å²) in [7, 11) is 0. The molecule has 0 aliphatic rings. The van der Waals surface area contributed by atoms with E-state index < -0.39 is 18.5 Å². The van der Waals surface area contributed by atoms with Gasteiger partial charge in [0.25, 0.3) is 5.91 Å². The van der Waals surface area contributed by atoms with E-state index in [0.29, 0.717) is 27.8 Å². The quantitative estimate of drug-likeness (QED) is 0.610. The molecule has 0 radical (unpaired) electrons. The minimum Gasteiger partial charge on any atom is -0.456 e. The number of rotatable bonds is 7. The average molecular weight is 399 g/mol. The first-order valence-electron chi connectivity index (χ1n) is 8.19. The Morgan fingerprint density at radius 1 is 1.29 bits per heavy atom. The minimum atomic E-state index is -0.580. The van der Waals surface area contributed by atoms with E-state index in [1.54, 1.807) is 23.6 Å². The van der Waals surface area contributed by atoms with E-state index in [9.17, 15) is 14.0 Å². The van der Waals surface area contributed by atoms with E-state index in [0.717, 1.165) is 0 Å². The summed E-state index contributed by atoms with van der Waals surface area (Å²) >= 11 is 1.21. The lowest BCUT2D eigenvalue weighted by atomic mass is 10.2. The highest BCUT2D eigenvalue weighted by Gasteiger charge is 2.13. The molecular formula is C19H14FN3O4S. The van der Waals surface area contributed by atoms with Gasteiger partial charge in [-0.3, -0.25) is 9.59 Å². The summed E-state index contributed by atoms with van der Waals surface area (Å²) in [6.07, 6.45) is 1.68. The molecule has 0 fully saturated rings. The number of nitriles is 1. The minimum absolute atomic E-state index is 0.0148. The molecule has 0 aliphatic carbocycles. The summed E-state index contributed by atoms with van der Waals surface area (Å²) < 4.78 is 23.4. The second-order valence-electron chi connectivity index (χ2n) is 5.61. The van der Waals surface area contributed by atoms with Gasteiger partial charge in [0.1, 0.15) is 16.9 Å². The first-order valence-corrected chi connectivity index (χ1v) is 9.07. The zero-order valence-electron chi connectivity index (χ0n) is 14.5. The van der Waals surface area contributed by atoms with Crippen molar-refractivity contribution >= 4 is 28.2 Å². The van der Waals surface area contributed by atoms with E-state index in [-0.39, 0.29) is 18.7 Å². The van der Waals surface area contributed by atoms with Crippen LogP contribution in [0.15, 0.2) is 46.3 Å². The monoisotopic (exact) mass is 399 g/mol. The number of carbonyl (C=O) groups excluding carboxylic acids is 2. The summed E-state index contributed by atoms with van der Waals surface area (Å²) in [6, 6.07) is 9.30. The Morgan fingerprint density at radius 2 is 2.07 bits per heavy atom. The summed E-state index contributed by atoms with van der Waals surface area (Å²) in [4.78, 5) is 27.7. The van der Waals surface area contributed by atoms with Gasteiger partial charge in [0.15, 0.2) is 18.3 Å². The number of anilines is 1. The highest BCUT2D eigenvalue weighted by molar-refractivity contribution is 7.14. The van der Waals surface area contributed by atoms with Crippen molar-refractivity contribution in [2.24, 2.45) is 0 Å². The van der Waals surface area contributed by atoms with Gasteiger partial charge in [-0.25, -0.2) is 9.37 Å². The van der Waals surface area contributed by atoms with Gasteiger partial charge in [-0.05, 0) is 35.7 Å². The number of nitrogens with zero attached hydrogens (tertiary/aromatic N) is 2. The van der Waals surface area contributed by atoms with Gasteiger partial charge in [0.2, 0.25) is 0 Å². The number of hydrogen-bond acceptors (Lipinski definition) is 7. The van der Waals surface area contributed by atoms with Crippen molar-refractivity contribution in [3.05, 3.63) is 59.2 Å². The number of benzene rings is 1. The molecule has 1 N–H and O–H groups in total. The number of aryl methyl sites for hydroxylation is 1. The van der Waals surface area contributed by atoms with Gasteiger partial charge < -0.3 is 14.5 Å². The largest absolute Gasteiger partial charge is 0.456 e. The number of oxazole rings is 1. The van der Waals surface area contributed by atoms with Crippen LogP contribution in [-0.2, 0) is 20.7 Å². The molecule has 0 aliphatic heterocycles. The summed E-state index contributed by atoms with van der Waals surface area (Å²) in [5, 5.41) is 13.5. The van der Waals surface area contributed by atoms with Crippen LogP contribution in [0, 0.1) is 17.1 Å². The van der Waals surface area contributed by atoms with Crippen molar-refractivity contribution in [3.63, 3.8) is 0 Å². The third kappa shape index (κ3) is 5.02. The summed E-state index contributed by atoms with van der Waals surface area (Å²) in [6.45, 7) is -0.450. The van der Waals surface area contributed by atoms with Crippen molar-refractivity contribution < 1.29 is 23.1 Å². The number of hydrogen-bond donors (Lipinski definition) is 1. The Hall–Kier alpha value is -3.51. The molecule has 7 nitrogen and oxygen atoms in total. The number of nitrogens with one attached hydrogen (secondary N) is 1. The summed E-state index contributed by atoms with van der Waals surface area (Å²) in [5.74, 6) is -0.659. The van der Waals surface area contributed by atoms with Crippen molar-refractivity contribution in [1.29, 1.82) is 5.26 Å². The molecule has 3 rings (SSSR count). The molecule has 0 spiro atoms. The molecule has 0 bridgehead atoms. The number of carbonyl (C=O) groups is 2. The van der Waals surface area contributed by atoms with E-state index in [4.69, 9.17) is 14.4 Å². The van der Waals surface area contributed by atoms with Crippen LogP contribution in [-0.4, -0.2) is 23.5 Å². The van der Waals surface area contributed by atoms with Crippen LogP contribution in [0.1, 0.15) is 17.9 Å². The maximum atomic E-state index is 13.0. The van der Waals surface area contributed by atoms with Crippen molar-refractivity contribution in [2.45, 2.75) is 12.8 Å². The Balaban J connectivity index is 1.44. The van der Waals surface area contributed by atoms with Crippen LogP contribution in [0.3, 0.4) is 0 Å². The molecule has 3 aromatic rings. The lowest BCUT2D eigenvalue weighted by molar-refractivity contribution is -0.147. The number of aromatic nitrogens is 1. The molecule has 2 aromatic heterocycles. The maximum Gasteiger partial charge on any atom is 0.306 e. The van der Waals surface area contributed by atoms with Gasteiger partial charge >= 0.3 is 5.97 Å². The van der Waals surface area contributed by atoms with Crippen LogP contribution in [0.4, 0.5) is 9.39 Å². The molecule has 0 unspecified atom stereocenters. The standard InChI is InChI=1S/C19H14FN3O4S/c20-14-3-1-12(2-4-14)15-10-22-17(27-15)5-6-18(25)26-11-16(24)23-19-13(9-21)7-8-28-19/h1-4,7-8,10H,5-6,11H2,(H,23,24). The molecule has 142 valence electrons. The fourth-order valence-corrected chi connectivity index (χ4v) is 3.01. The normalized spacial score (nSPS) is 10.3. The Morgan fingerprint density at radius 3 is 2.82 bits per heavy atom. The smallest absolute Gasteiger partial charge is 0.306 e. The third-order valence-corrected chi connectivity index (χ3v) is 4.46. The van der Waals surface area contributed by atoms with Gasteiger partial charge in [-0.1, -0.05) is 0 Å². The zero-order valence-corrected chi connectivity index (χ0v) is 15.3. The van der Waals surface area contributed by atoms with Crippen LogP contribution >= 0.6 is 11.3 Å². The predicted octanol–water partition coefficient (Wildman–Crippen LogP) is 3.53. The molecular weight excluding hydrogens is 385 g/mol.